The third-order valence-corrected chi connectivity index (χ3v) is 9.43. The fourth-order valence-corrected chi connectivity index (χ4v) is 6.16. The first-order chi connectivity index (χ1) is 25.3. The number of H-pyrrole nitrogens is 1. The summed E-state index contributed by atoms with van der Waals surface area (Å²) >= 11 is 0. The summed E-state index contributed by atoms with van der Waals surface area (Å²) < 4.78 is 0. The van der Waals surface area contributed by atoms with Gasteiger partial charge in [-0.3, -0.25) is 28.8 Å². The molecule has 5 atom stereocenters. The predicted octanol–water partition coefficient (Wildman–Crippen LogP) is 2.10. The lowest BCUT2D eigenvalue weighted by Crippen LogP contribution is -2.59. The van der Waals surface area contributed by atoms with Crippen LogP contribution < -0.4 is 21.3 Å². The third-order valence-electron chi connectivity index (χ3n) is 9.43. The van der Waals surface area contributed by atoms with Crippen molar-refractivity contribution in [2.75, 3.05) is 20.1 Å². The maximum Gasteiger partial charge on any atom is 0.254 e. The minimum Gasteiger partial charge on any atom is -0.346 e. The standard InChI is InChI=1S/C39H46N8O6/c1-23(2)34-37(51)42-24(3)35(49)44-32(27-14-10-7-11-15-27)20-47(38(52)28-16-17-29-30(19-28)41-22-40-29)21-33(48)43-31(18-26-12-8-6-9-13-26)39(53)46(5)25(4)36(50)45-34/h6-17,19,22-25,31-32,34H,18,20-21H2,1-5H3,(H,40,41)(H,42,51)(H,43,48)(H,44,49)(H,45,50)/t24-,25-,31-,32-,34+/m0/s1. The van der Waals surface area contributed by atoms with Gasteiger partial charge in [0, 0.05) is 25.6 Å². The van der Waals surface area contributed by atoms with E-state index in [1.165, 1.54) is 37.0 Å². The Bertz CT molecular complexity index is 1950. The topological polar surface area (TPSA) is 186 Å². The van der Waals surface area contributed by atoms with E-state index in [-0.39, 0.29) is 24.4 Å². The van der Waals surface area contributed by atoms with Gasteiger partial charge in [0.05, 0.1) is 29.9 Å². The Morgan fingerprint density at radius 2 is 1.51 bits per heavy atom. The molecular formula is C39H46N8O6. The third kappa shape index (κ3) is 9.44. The van der Waals surface area contributed by atoms with Gasteiger partial charge >= 0.3 is 0 Å². The average molecular weight is 723 g/mol. The van der Waals surface area contributed by atoms with E-state index in [0.29, 0.717) is 16.6 Å². The second-order valence-electron chi connectivity index (χ2n) is 13.7. The number of fused-ring (bicyclic) bond motifs is 1. The van der Waals surface area contributed by atoms with Crippen molar-refractivity contribution in [3.05, 3.63) is 102 Å². The normalized spacial score (nSPS) is 22.8. The van der Waals surface area contributed by atoms with Crippen molar-refractivity contribution in [1.29, 1.82) is 0 Å². The van der Waals surface area contributed by atoms with Gasteiger partial charge in [-0.05, 0) is 49.1 Å². The van der Waals surface area contributed by atoms with E-state index in [2.05, 4.69) is 31.2 Å². The Morgan fingerprint density at radius 1 is 0.830 bits per heavy atom. The summed E-state index contributed by atoms with van der Waals surface area (Å²) in [5, 5.41) is 11.2. The lowest BCUT2D eigenvalue weighted by molar-refractivity contribution is -0.142. The fraction of sp³-hybridized carbons (Fsp3) is 0.359. The molecule has 4 aromatic rings. The summed E-state index contributed by atoms with van der Waals surface area (Å²) in [6.45, 7) is 5.95. The highest BCUT2D eigenvalue weighted by molar-refractivity contribution is 6.00. The predicted molar refractivity (Wildman–Crippen MR) is 198 cm³/mol. The van der Waals surface area contributed by atoms with E-state index >= 15 is 0 Å². The molecule has 5 rings (SSSR count). The Hall–Kier alpha value is -6.05. The zero-order valence-electron chi connectivity index (χ0n) is 30.5. The van der Waals surface area contributed by atoms with Crippen LogP contribution in [-0.4, -0.2) is 99.5 Å². The number of hydrogen-bond donors (Lipinski definition) is 5. The molecule has 0 unspecified atom stereocenters. The first-order valence-electron chi connectivity index (χ1n) is 17.6. The van der Waals surface area contributed by atoms with Crippen LogP contribution in [0.4, 0.5) is 0 Å². The molecule has 0 spiro atoms. The molecule has 0 saturated carbocycles. The van der Waals surface area contributed by atoms with Gasteiger partial charge in [0.2, 0.25) is 29.5 Å². The minimum absolute atomic E-state index is 0.103. The zero-order chi connectivity index (χ0) is 38.2. The Labute approximate surface area is 308 Å². The van der Waals surface area contributed by atoms with Crippen LogP contribution in [0.15, 0.2) is 85.2 Å². The number of likely N-dealkylation sites (N-methyl/N-ethyl adjacent to an activating group) is 1. The molecule has 53 heavy (non-hydrogen) atoms. The SMILES string of the molecule is CC(C)[C@H]1NC(=O)[C@H](C)N(C)C(=O)[C@H](Cc2ccccc2)NC(=O)CN(C(=O)c2ccc3nc[nH]c3c2)C[C@@H](c2ccccc2)NC(=O)[C@H](C)NC1=O. The van der Waals surface area contributed by atoms with Crippen LogP contribution in [0.5, 0.6) is 0 Å². The number of nitrogens with one attached hydrogen (secondary N) is 5. The molecular weight excluding hydrogens is 676 g/mol. The monoisotopic (exact) mass is 722 g/mol. The molecule has 1 aliphatic heterocycles. The number of aromatic amines is 1. The van der Waals surface area contributed by atoms with Crippen LogP contribution in [-0.2, 0) is 30.4 Å². The molecule has 0 bridgehead atoms. The highest BCUT2D eigenvalue weighted by atomic mass is 16.2. The van der Waals surface area contributed by atoms with Crippen LogP contribution in [0.25, 0.3) is 11.0 Å². The molecule has 14 nitrogen and oxygen atoms in total. The molecule has 0 aliphatic carbocycles. The number of aromatic nitrogens is 2. The molecule has 0 radical (unpaired) electrons. The molecule has 1 saturated heterocycles. The summed E-state index contributed by atoms with van der Waals surface area (Å²) in [7, 11) is 1.46. The van der Waals surface area contributed by atoms with Gasteiger partial charge in [-0.25, -0.2) is 4.98 Å². The Morgan fingerprint density at radius 3 is 2.19 bits per heavy atom. The van der Waals surface area contributed by atoms with Crippen molar-refractivity contribution < 1.29 is 28.8 Å². The summed E-state index contributed by atoms with van der Waals surface area (Å²) in [6, 6.07) is 18.0. The van der Waals surface area contributed by atoms with E-state index in [1.54, 1.807) is 56.3 Å². The fourth-order valence-electron chi connectivity index (χ4n) is 6.16. The molecule has 1 aromatic heterocycles. The zero-order valence-corrected chi connectivity index (χ0v) is 30.5. The molecule has 1 fully saturated rings. The van der Waals surface area contributed by atoms with Gasteiger partial charge in [0.1, 0.15) is 24.2 Å². The second kappa shape index (κ2) is 17.0. The van der Waals surface area contributed by atoms with Gasteiger partial charge in [-0.15, -0.1) is 0 Å². The minimum atomic E-state index is -1.11. The summed E-state index contributed by atoms with van der Waals surface area (Å²) in [5.41, 5.74) is 2.95. The van der Waals surface area contributed by atoms with Gasteiger partial charge in [-0.1, -0.05) is 74.5 Å². The first-order valence-corrected chi connectivity index (χ1v) is 17.6. The summed E-state index contributed by atoms with van der Waals surface area (Å²) in [6.07, 6.45) is 1.62. The molecule has 5 N–H and O–H groups in total. The molecule has 2 heterocycles. The van der Waals surface area contributed by atoms with Crippen molar-refractivity contribution in [3.8, 4) is 0 Å². The second-order valence-corrected chi connectivity index (χ2v) is 13.7. The van der Waals surface area contributed by atoms with Crippen LogP contribution in [0, 0.1) is 5.92 Å². The maximum absolute atomic E-state index is 14.3. The maximum atomic E-state index is 14.3. The first kappa shape index (κ1) is 38.2. The number of hydrogen-bond acceptors (Lipinski definition) is 7. The summed E-state index contributed by atoms with van der Waals surface area (Å²) in [4.78, 5) is 92.9. The average Bonchev–Trinajstić information content (AvgIpc) is 3.63. The quantitative estimate of drug-likeness (QED) is 0.209. The van der Waals surface area contributed by atoms with Crippen molar-refractivity contribution in [3.63, 3.8) is 0 Å². The molecule has 14 heteroatoms. The van der Waals surface area contributed by atoms with E-state index in [0.717, 1.165) is 5.56 Å². The molecule has 6 amide bonds. The van der Waals surface area contributed by atoms with Gasteiger partial charge < -0.3 is 36.1 Å². The highest BCUT2D eigenvalue weighted by Gasteiger charge is 2.35. The molecule has 3 aromatic carbocycles. The van der Waals surface area contributed by atoms with E-state index in [4.69, 9.17) is 0 Å². The Balaban J connectivity index is 1.56. The van der Waals surface area contributed by atoms with Crippen LogP contribution in [0.2, 0.25) is 0 Å². The number of imidazole rings is 1. The lowest BCUT2D eigenvalue weighted by Gasteiger charge is -2.33. The highest BCUT2D eigenvalue weighted by Crippen LogP contribution is 2.19. The largest absolute Gasteiger partial charge is 0.346 e. The number of nitrogens with zero attached hydrogens (tertiary/aromatic N) is 3. The van der Waals surface area contributed by atoms with E-state index in [1.807, 2.05) is 36.4 Å². The Kier molecular flexibility index (Phi) is 12.2. The molecule has 1 aliphatic rings. The van der Waals surface area contributed by atoms with Crippen LogP contribution in [0.1, 0.15) is 55.2 Å². The number of carbonyl (C=O) groups is 6. The van der Waals surface area contributed by atoms with Crippen molar-refractivity contribution in [1.82, 2.24) is 41.0 Å². The smallest absolute Gasteiger partial charge is 0.254 e. The van der Waals surface area contributed by atoms with Gasteiger partial charge in [0.25, 0.3) is 5.91 Å². The van der Waals surface area contributed by atoms with Crippen molar-refractivity contribution in [2.45, 2.75) is 64.3 Å². The van der Waals surface area contributed by atoms with E-state index in [9.17, 15) is 28.8 Å². The molecule has 278 valence electrons. The lowest BCUT2D eigenvalue weighted by atomic mass is 10.0. The number of rotatable bonds is 5. The number of benzene rings is 3. The van der Waals surface area contributed by atoms with Crippen molar-refractivity contribution >= 4 is 46.5 Å². The van der Waals surface area contributed by atoms with E-state index < -0.39 is 72.2 Å². The number of amides is 6. The summed E-state index contributed by atoms with van der Waals surface area (Å²) in [5.74, 6) is -3.74. The van der Waals surface area contributed by atoms with Crippen LogP contribution in [0.3, 0.4) is 0 Å². The van der Waals surface area contributed by atoms with Gasteiger partial charge in [0.15, 0.2) is 0 Å². The number of carbonyl (C=O) groups excluding carboxylic acids is 6. The van der Waals surface area contributed by atoms with Gasteiger partial charge in [-0.2, -0.15) is 0 Å². The van der Waals surface area contributed by atoms with Crippen molar-refractivity contribution in [2.24, 2.45) is 5.92 Å². The van der Waals surface area contributed by atoms with Crippen LogP contribution >= 0.6 is 0 Å².